The first-order chi connectivity index (χ1) is 8.01. The van der Waals surface area contributed by atoms with E-state index in [9.17, 15) is 0 Å². The summed E-state index contributed by atoms with van der Waals surface area (Å²) in [6.07, 6.45) is 2.47. The zero-order chi connectivity index (χ0) is 12.3. The van der Waals surface area contributed by atoms with Crippen LogP contribution in [0.2, 0.25) is 0 Å². The van der Waals surface area contributed by atoms with Crippen molar-refractivity contribution in [2.45, 2.75) is 37.2 Å². The Bertz CT molecular complexity index is 538. The van der Waals surface area contributed by atoms with Gasteiger partial charge in [0.25, 0.3) is 0 Å². The van der Waals surface area contributed by atoms with Gasteiger partial charge in [-0.25, -0.2) is 0 Å². The van der Waals surface area contributed by atoms with Gasteiger partial charge in [-0.1, -0.05) is 47.6 Å². The highest BCUT2D eigenvalue weighted by Gasteiger charge is 2.67. The molecule has 0 N–H and O–H groups in total. The van der Waals surface area contributed by atoms with E-state index in [-0.39, 0.29) is 9.49 Å². The molecule has 1 saturated heterocycles. The van der Waals surface area contributed by atoms with E-state index in [0.717, 1.165) is 0 Å². The quantitative estimate of drug-likeness (QED) is 0.644. The number of hydrogen-bond donors (Lipinski definition) is 0. The maximum Gasteiger partial charge on any atom is 0.0785 e. The van der Waals surface area contributed by atoms with Crippen molar-refractivity contribution in [3.05, 3.63) is 58.7 Å². The standard InChI is InChI=1S/C16H18S/c1-11-10-16(14-8-6-5-7-9-14)15(4,17-16)13(3)12(11)2/h5-10H,1-4H3. The van der Waals surface area contributed by atoms with Crippen LogP contribution in [0.3, 0.4) is 0 Å². The van der Waals surface area contributed by atoms with E-state index in [0.29, 0.717) is 0 Å². The first-order valence-electron chi connectivity index (χ1n) is 6.15. The molecule has 17 heavy (non-hydrogen) atoms. The van der Waals surface area contributed by atoms with Crippen molar-refractivity contribution >= 4 is 11.8 Å². The lowest BCUT2D eigenvalue weighted by molar-refractivity contribution is 0.688. The summed E-state index contributed by atoms with van der Waals surface area (Å²) in [6.45, 7) is 9.16. The molecule has 1 aliphatic heterocycles. The second-order valence-electron chi connectivity index (χ2n) is 5.31. The summed E-state index contributed by atoms with van der Waals surface area (Å²) >= 11 is 2.08. The van der Waals surface area contributed by atoms with E-state index in [2.05, 4.69) is 75.9 Å². The molecule has 2 atom stereocenters. The molecule has 1 fully saturated rings. The van der Waals surface area contributed by atoms with Crippen LogP contribution in [0.25, 0.3) is 0 Å². The number of allylic oxidation sites excluding steroid dienone is 2. The van der Waals surface area contributed by atoms with Crippen molar-refractivity contribution in [3.8, 4) is 0 Å². The van der Waals surface area contributed by atoms with E-state index in [1.807, 2.05) is 0 Å². The normalized spacial score (nSPS) is 35.4. The van der Waals surface area contributed by atoms with Crippen LogP contribution in [0.4, 0.5) is 0 Å². The molecular weight excluding hydrogens is 224 g/mol. The molecule has 1 aromatic rings. The minimum absolute atomic E-state index is 0.196. The molecule has 88 valence electrons. The predicted molar refractivity (Wildman–Crippen MR) is 76.2 cm³/mol. The van der Waals surface area contributed by atoms with Crippen LogP contribution in [-0.2, 0) is 4.75 Å². The van der Waals surface area contributed by atoms with Crippen LogP contribution >= 0.6 is 11.8 Å². The van der Waals surface area contributed by atoms with Crippen molar-refractivity contribution in [1.29, 1.82) is 0 Å². The Balaban J connectivity index is 2.16. The zero-order valence-electron chi connectivity index (χ0n) is 10.9. The Labute approximate surface area is 108 Å². The van der Waals surface area contributed by atoms with Crippen LogP contribution in [0.1, 0.15) is 33.3 Å². The van der Waals surface area contributed by atoms with Crippen molar-refractivity contribution in [2.75, 3.05) is 0 Å². The first-order valence-corrected chi connectivity index (χ1v) is 6.96. The average molecular weight is 242 g/mol. The van der Waals surface area contributed by atoms with E-state index in [4.69, 9.17) is 0 Å². The number of benzene rings is 1. The van der Waals surface area contributed by atoms with E-state index in [1.54, 1.807) is 5.57 Å². The number of rotatable bonds is 1. The maximum absolute atomic E-state index is 2.47. The Morgan fingerprint density at radius 1 is 1.00 bits per heavy atom. The molecule has 0 nitrogen and oxygen atoms in total. The van der Waals surface area contributed by atoms with Crippen LogP contribution in [0.15, 0.2) is 53.1 Å². The molecular formula is C16H18S. The third-order valence-corrected chi connectivity index (χ3v) is 6.44. The fourth-order valence-electron chi connectivity index (χ4n) is 2.99. The molecule has 0 spiro atoms. The van der Waals surface area contributed by atoms with Crippen molar-refractivity contribution in [1.82, 2.24) is 0 Å². The number of hydrogen-bond acceptors (Lipinski definition) is 1. The van der Waals surface area contributed by atoms with Gasteiger partial charge in [0, 0.05) is 0 Å². The molecule has 1 aliphatic carbocycles. The van der Waals surface area contributed by atoms with Gasteiger partial charge in [0.15, 0.2) is 0 Å². The van der Waals surface area contributed by atoms with Crippen LogP contribution < -0.4 is 0 Å². The highest BCUT2D eigenvalue weighted by Crippen LogP contribution is 2.76. The summed E-state index contributed by atoms with van der Waals surface area (Å²) in [5.74, 6) is 0. The van der Waals surface area contributed by atoms with E-state index in [1.165, 1.54) is 16.7 Å². The van der Waals surface area contributed by atoms with E-state index < -0.39 is 0 Å². The van der Waals surface area contributed by atoms with Crippen molar-refractivity contribution < 1.29 is 0 Å². The first kappa shape index (κ1) is 11.2. The maximum atomic E-state index is 2.47. The Morgan fingerprint density at radius 2 is 1.65 bits per heavy atom. The molecule has 1 heterocycles. The summed E-state index contributed by atoms with van der Waals surface area (Å²) < 4.78 is 0.472. The van der Waals surface area contributed by atoms with Crippen molar-refractivity contribution in [3.63, 3.8) is 0 Å². The summed E-state index contributed by atoms with van der Waals surface area (Å²) in [6, 6.07) is 10.9. The summed E-state index contributed by atoms with van der Waals surface area (Å²) in [5, 5.41) is 0. The lowest BCUT2D eigenvalue weighted by Gasteiger charge is -2.26. The third-order valence-electron chi connectivity index (χ3n) is 4.52. The molecule has 0 aromatic heterocycles. The molecule has 2 aliphatic rings. The van der Waals surface area contributed by atoms with Gasteiger partial charge in [0.2, 0.25) is 0 Å². The summed E-state index contributed by atoms with van der Waals surface area (Å²) in [4.78, 5) is 0. The van der Waals surface area contributed by atoms with Gasteiger partial charge < -0.3 is 0 Å². The van der Waals surface area contributed by atoms with Gasteiger partial charge in [-0.3, -0.25) is 0 Å². The molecule has 2 unspecified atom stereocenters. The average Bonchev–Trinajstić information content (AvgIpc) is 2.96. The molecule has 1 heteroatoms. The molecule has 3 rings (SSSR count). The highest BCUT2D eigenvalue weighted by atomic mass is 32.2. The lowest BCUT2D eigenvalue weighted by Crippen LogP contribution is -2.25. The largest absolute Gasteiger partial charge is 0.131 e. The number of thioether (sulfide) groups is 1. The highest BCUT2D eigenvalue weighted by molar-refractivity contribution is 8.09. The molecule has 0 radical (unpaired) electrons. The Kier molecular flexibility index (Phi) is 2.16. The van der Waals surface area contributed by atoms with Gasteiger partial charge in [0.05, 0.1) is 9.49 Å². The van der Waals surface area contributed by atoms with Gasteiger partial charge in [-0.05, 0) is 38.8 Å². The van der Waals surface area contributed by atoms with Crippen molar-refractivity contribution in [2.24, 2.45) is 0 Å². The zero-order valence-corrected chi connectivity index (χ0v) is 11.7. The van der Waals surface area contributed by atoms with Crippen LogP contribution in [0, 0.1) is 0 Å². The second kappa shape index (κ2) is 3.29. The SMILES string of the molecule is CC1=CC2(c3ccccc3)SC2(C)C(C)=C1C. The Hall–Kier alpha value is -0.950. The second-order valence-corrected chi connectivity index (χ2v) is 6.98. The fourth-order valence-corrected chi connectivity index (χ4v) is 4.71. The molecule has 0 amide bonds. The minimum Gasteiger partial charge on any atom is -0.131 e. The summed E-state index contributed by atoms with van der Waals surface area (Å²) in [5.41, 5.74) is 5.91. The van der Waals surface area contributed by atoms with Crippen LogP contribution in [-0.4, -0.2) is 4.75 Å². The molecule has 1 aromatic carbocycles. The molecule has 0 bridgehead atoms. The topological polar surface area (TPSA) is 0 Å². The smallest absolute Gasteiger partial charge is 0.0785 e. The molecule has 0 saturated carbocycles. The van der Waals surface area contributed by atoms with Gasteiger partial charge in [0.1, 0.15) is 0 Å². The fraction of sp³-hybridized carbons (Fsp3) is 0.375. The van der Waals surface area contributed by atoms with E-state index >= 15 is 0 Å². The van der Waals surface area contributed by atoms with Gasteiger partial charge >= 0.3 is 0 Å². The monoisotopic (exact) mass is 242 g/mol. The summed E-state index contributed by atoms with van der Waals surface area (Å²) in [7, 11) is 0. The predicted octanol–water partition coefficient (Wildman–Crippen LogP) is 4.68. The third kappa shape index (κ3) is 1.26. The van der Waals surface area contributed by atoms with Gasteiger partial charge in [-0.15, -0.1) is 11.8 Å². The minimum atomic E-state index is 0.196. The lowest BCUT2D eigenvalue weighted by atomic mass is 9.75. The van der Waals surface area contributed by atoms with Gasteiger partial charge in [-0.2, -0.15) is 0 Å². The number of fused-ring (bicyclic) bond motifs is 1. The Morgan fingerprint density at radius 3 is 2.29 bits per heavy atom. The van der Waals surface area contributed by atoms with Crippen LogP contribution in [0.5, 0.6) is 0 Å².